The molecule has 41 heavy (non-hydrogen) atoms. The molecule has 0 spiro atoms. The van der Waals surface area contributed by atoms with Crippen LogP contribution in [0, 0.1) is 0 Å². The van der Waals surface area contributed by atoms with Gasteiger partial charge in [-0.05, 0) is 52.2 Å². The summed E-state index contributed by atoms with van der Waals surface area (Å²) in [6.07, 6.45) is 0. The third-order valence-electron chi connectivity index (χ3n) is 7.51. The summed E-state index contributed by atoms with van der Waals surface area (Å²) in [5, 5.41) is 4.51. The van der Waals surface area contributed by atoms with Crippen LogP contribution in [0.2, 0.25) is 0 Å². The lowest BCUT2D eigenvalue weighted by Crippen LogP contribution is -2.00. The van der Waals surface area contributed by atoms with Crippen molar-refractivity contribution in [2.75, 3.05) is 0 Å². The number of fused-ring (bicyclic) bond motifs is 4. The van der Waals surface area contributed by atoms with Crippen molar-refractivity contribution < 1.29 is 4.42 Å². The fourth-order valence-corrected chi connectivity index (χ4v) is 5.51. The van der Waals surface area contributed by atoms with Gasteiger partial charge in [-0.15, -0.1) is 0 Å². The van der Waals surface area contributed by atoms with Crippen LogP contribution >= 0.6 is 0 Å². The van der Waals surface area contributed by atoms with Crippen LogP contribution in [0.4, 0.5) is 0 Å². The molecule has 0 aliphatic rings. The number of aromatic nitrogens is 3. The Hall–Kier alpha value is -5.61. The van der Waals surface area contributed by atoms with E-state index in [0.29, 0.717) is 17.5 Å². The van der Waals surface area contributed by atoms with E-state index in [0.717, 1.165) is 55.1 Å². The zero-order valence-corrected chi connectivity index (χ0v) is 22.0. The Morgan fingerprint density at radius 3 is 1.63 bits per heavy atom. The van der Waals surface area contributed by atoms with Crippen LogP contribution in [-0.4, -0.2) is 15.0 Å². The van der Waals surface area contributed by atoms with Crippen LogP contribution in [0.3, 0.4) is 0 Å². The van der Waals surface area contributed by atoms with E-state index in [9.17, 15) is 0 Å². The van der Waals surface area contributed by atoms with Gasteiger partial charge < -0.3 is 4.42 Å². The van der Waals surface area contributed by atoms with Crippen LogP contribution < -0.4 is 0 Å². The van der Waals surface area contributed by atoms with E-state index in [4.69, 9.17) is 19.4 Å². The predicted molar refractivity (Wildman–Crippen MR) is 166 cm³/mol. The van der Waals surface area contributed by atoms with Crippen molar-refractivity contribution in [3.8, 4) is 45.3 Å². The van der Waals surface area contributed by atoms with E-state index in [1.807, 2.05) is 72.8 Å². The molecule has 4 nitrogen and oxygen atoms in total. The lowest BCUT2D eigenvalue weighted by Gasteiger charge is -2.12. The first-order valence-electron chi connectivity index (χ1n) is 13.6. The average molecular weight is 526 g/mol. The molecule has 0 saturated heterocycles. The van der Waals surface area contributed by atoms with Gasteiger partial charge in [0, 0.05) is 27.5 Å². The quantitative estimate of drug-likeness (QED) is 0.230. The van der Waals surface area contributed by atoms with Gasteiger partial charge in [-0.25, -0.2) is 15.0 Å². The zero-order chi connectivity index (χ0) is 27.2. The van der Waals surface area contributed by atoms with Crippen LogP contribution in [0.15, 0.2) is 144 Å². The van der Waals surface area contributed by atoms with Gasteiger partial charge in [0.05, 0.1) is 0 Å². The number of benzene rings is 6. The van der Waals surface area contributed by atoms with Crippen LogP contribution in [-0.2, 0) is 0 Å². The molecule has 8 rings (SSSR count). The summed E-state index contributed by atoms with van der Waals surface area (Å²) in [4.78, 5) is 14.8. The predicted octanol–water partition coefficient (Wildman–Crippen LogP) is 9.59. The van der Waals surface area contributed by atoms with Gasteiger partial charge >= 0.3 is 0 Å². The van der Waals surface area contributed by atoms with Gasteiger partial charge in [-0.2, -0.15) is 0 Å². The number of hydrogen-bond donors (Lipinski definition) is 0. The molecule has 0 amide bonds. The summed E-state index contributed by atoms with van der Waals surface area (Å²) in [5.41, 5.74) is 6.85. The zero-order valence-electron chi connectivity index (χ0n) is 22.0. The lowest BCUT2D eigenvalue weighted by atomic mass is 9.94. The average Bonchev–Trinajstić information content (AvgIpc) is 3.43. The molecule has 0 aliphatic heterocycles. The summed E-state index contributed by atoms with van der Waals surface area (Å²) in [5.74, 6) is 1.94. The van der Waals surface area contributed by atoms with Crippen molar-refractivity contribution in [3.63, 3.8) is 0 Å². The maximum atomic E-state index is 6.11. The molecule has 0 saturated carbocycles. The minimum atomic E-state index is 0.638. The summed E-state index contributed by atoms with van der Waals surface area (Å²) >= 11 is 0. The SMILES string of the molecule is c1ccc(-c2nc(-c3ccccc3)nc(-c3cc(-c4ccc5oc6ccccc6c5c4)c4ccccc4c3)n2)cc1. The monoisotopic (exact) mass is 525 g/mol. The number of furan rings is 1. The first-order chi connectivity index (χ1) is 20.3. The molecule has 0 N–H and O–H groups in total. The van der Waals surface area contributed by atoms with Crippen molar-refractivity contribution >= 4 is 32.7 Å². The summed E-state index contributed by atoms with van der Waals surface area (Å²) in [6, 6.07) is 47.6. The number of para-hydroxylation sites is 1. The lowest BCUT2D eigenvalue weighted by molar-refractivity contribution is 0.669. The second-order valence-corrected chi connectivity index (χ2v) is 10.1. The first kappa shape index (κ1) is 23.3. The van der Waals surface area contributed by atoms with Gasteiger partial charge in [0.2, 0.25) is 0 Å². The molecule has 0 unspecified atom stereocenters. The Balaban J connectivity index is 1.36. The smallest absolute Gasteiger partial charge is 0.164 e. The fourth-order valence-electron chi connectivity index (χ4n) is 5.51. The first-order valence-corrected chi connectivity index (χ1v) is 13.6. The fraction of sp³-hybridized carbons (Fsp3) is 0. The second kappa shape index (κ2) is 9.54. The highest BCUT2D eigenvalue weighted by Gasteiger charge is 2.16. The van der Waals surface area contributed by atoms with E-state index in [-0.39, 0.29) is 0 Å². The van der Waals surface area contributed by atoms with Crippen molar-refractivity contribution in [2.24, 2.45) is 0 Å². The normalized spacial score (nSPS) is 11.4. The molecule has 0 fully saturated rings. The molecule has 0 atom stereocenters. The standard InChI is InChI=1S/C37H23N3O/c1-3-11-24(12-4-1)35-38-36(25-13-5-2-6-14-25)40-37(39-35)28-21-26-15-7-8-16-29(26)31(23-28)27-19-20-34-32(22-27)30-17-9-10-18-33(30)41-34/h1-23H. The Labute approximate surface area is 236 Å². The van der Waals surface area contributed by atoms with Crippen LogP contribution in [0.5, 0.6) is 0 Å². The number of hydrogen-bond acceptors (Lipinski definition) is 4. The number of nitrogens with zero attached hydrogens (tertiary/aromatic N) is 3. The topological polar surface area (TPSA) is 51.8 Å². The van der Waals surface area contributed by atoms with Crippen molar-refractivity contribution in [3.05, 3.63) is 140 Å². The molecule has 2 aromatic heterocycles. The van der Waals surface area contributed by atoms with Gasteiger partial charge in [0.15, 0.2) is 17.5 Å². The van der Waals surface area contributed by atoms with Crippen molar-refractivity contribution in [1.29, 1.82) is 0 Å². The van der Waals surface area contributed by atoms with Gasteiger partial charge in [0.25, 0.3) is 0 Å². The summed E-state index contributed by atoms with van der Waals surface area (Å²) in [7, 11) is 0. The molecule has 0 aliphatic carbocycles. The van der Waals surface area contributed by atoms with Gasteiger partial charge in [-0.1, -0.05) is 109 Å². The minimum Gasteiger partial charge on any atom is -0.456 e. The molecule has 2 heterocycles. The Morgan fingerprint density at radius 2 is 0.927 bits per heavy atom. The Bertz CT molecular complexity index is 2140. The summed E-state index contributed by atoms with van der Waals surface area (Å²) in [6.45, 7) is 0. The van der Waals surface area contributed by atoms with Gasteiger partial charge in [0.1, 0.15) is 11.2 Å². The maximum absolute atomic E-state index is 6.11. The van der Waals surface area contributed by atoms with Gasteiger partial charge in [-0.3, -0.25) is 0 Å². The van der Waals surface area contributed by atoms with E-state index in [2.05, 4.69) is 66.7 Å². The highest BCUT2D eigenvalue weighted by atomic mass is 16.3. The van der Waals surface area contributed by atoms with E-state index >= 15 is 0 Å². The molecular formula is C37H23N3O. The molecule has 6 aromatic carbocycles. The molecule has 4 heteroatoms. The minimum absolute atomic E-state index is 0.638. The molecule has 8 aromatic rings. The van der Waals surface area contributed by atoms with Crippen molar-refractivity contribution in [2.45, 2.75) is 0 Å². The maximum Gasteiger partial charge on any atom is 0.164 e. The Morgan fingerprint density at radius 1 is 0.366 bits per heavy atom. The Kier molecular flexibility index (Phi) is 5.42. The molecular weight excluding hydrogens is 502 g/mol. The molecule has 192 valence electrons. The third-order valence-corrected chi connectivity index (χ3v) is 7.51. The van der Waals surface area contributed by atoms with Crippen molar-refractivity contribution in [1.82, 2.24) is 15.0 Å². The summed E-state index contributed by atoms with van der Waals surface area (Å²) < 4.78 is 6.11. The van der Waals surface area contributed by atoms with Crippen LogP contribution in [0.1, 0.15) is 0 Å². The van der Waals surface area contributed by atoms with E-state index < -0.39 is 0 Å². The number of rotatable bonds is 4. The second-order valence-electron chi connectivity index (χ2n) is 10.1. The molecule has 0 radical (unpaired) electrons. The van der Waals surface area contributed by atoms with E-state index in [1.165, 1.54) is 5.39 Å². The molecule has 0 bridgehead atoms. The van der Waals surface area contributed by atoms with Crippen LogP contribution in [0.25, 0.3) is 78.0 Å². The highest BCUT2D eigenvalue weighted by molar-refractivity contribution is 6.08. The van der Waals surface area contributed by atoms with E-state index in [1.54, 1.807) is 0 Å². The third kappa shape index (κ3) is 4.14. The highest BCUT2D eigenvalue weighted by Crippen LogP contribution is 2.37. The largest absolute Gasteiger partial charge is 0.456 e.